The molecule has 0 amide bonds. The third-order valence-corrected chi connectivity index (χ3v) is 2.95. The maximum absolute atomic E-state index is 12.9. The van der Waals surface area contributed by atoms with Gasteiger partial charge in [-0.1, -0.05) is 6.92 Å². The van der Waals surface area contributed by atoms with E-state index in [0.717, 1.165) is 18.6 Å². The maximum Gasteiger partial charge on any atom is 0.423 e. The summed E-state index contributed by atoms with van der Waals surface area (Å²) in [5, 5.41) is 10.7. The van der Waals surface area contributed by atoms with Gasteiger partial charge in [0.15, 0.2) is 0 Å². The van der Waals surface area contributed by atoms with Gasteiger partial charge in [-0.3, -0.25) is 10.1 Å². The average molecular weight is 299 g/mol. The molecule has 0 spiro atoms. The summed E-state index contributed by atoms with van der Waals surface area (Å²) < 4.78 is 40.4. The van der Waals surface area contributed by atoms with Crippen molar-refractivity contribution in [2.45, 2.75) is 25.9 Å². The fourth-order valence-corrected chi connectivity index (χ4v) is 2.04. The summed E-state index contributed by atoms with van der Waals surface area (Å²) >= 11 is 0. The quantitative estimate of drug-likeness (QED) is 0.638. The summed E-state index contributed by atoms with van der Waals surface area (Å²) in [4.78, 5) is 13.8. The fraction of sp³-hybridized carbons (Fsp3) is 0.308. The molecule has 0 saturated carbocycles. The molecule has 2 rings (SSSR count). The Balaban J connectivity index is 2.57. The lowest BCUT2D eigenvalue weighted by Crippen LogP contribution is -2.10. The second-order valence-corrected chi connectivity index (χ2v) is 4.42. The van der Waals surface area contributed by atoms with E-state index in [9.17, 15) is 23.3 Å². The highest BCUT2D eigenvalue weighted by molar-refractivity contribution is 5.50. The molecule has 0 aliphatic carbocycles. The van der Waals surface area contributed by atoms with Gasteiger partial charge < -0.3 is 4.57 Å². The standard InChI is InChI=1S/C13H12F3N3O2/c1-2-3-12-17-6-7-18(12)9-4-5-11(19(20)21)10(8-9)13(14,15)16/h4-8H,2-3H2,1H3. The van der Waals surface area contributed by atoms with Gasteiger partial charge in [-0.2, -0.15) is 13.2 Å². The zero-order valence-electron chi connectivity index (χ0n) is 11.1. The van der Waals surface area contributed by atoms with Gasteiger partial charge in [0.2, 0.25) is 0 Å². The highest BCUT2D eigenvalue weighted by Crippen LogP contribution is 2.37. The van der Waals surface area contributed by atoms with Crippen molar-refractivity contribution >= 4 is 5.69 Å². The largest absolute Gasteiger partial charge is 0.423 e. The van der Waals surface area contributed by atoms with Gasteiger partial charge in [-0.15, -0.1) is 0 Å². The second-order valence-electron chi connectivity index (χ2n) is 4.42. The summed E-state index contributed by atoms with van der Waals surface area (Å²) in [6.07, 6.45) is -0.378. The Kier molecular flexibility index (Phi) is 3.97. The highest BCUT2D eigenvalue weighted by Gasteiger charge is 2.38. The molecular formula is C13H12F3N3O2. The van der Waals surface area contributed by atoms with Crippen molar-refractivity contribution in [3.05, 3.63) is 52.1 Å². The van der Waals surface area contributed by atoms with Crippen LogP contribution < -0.4 is 0 Å². The van der Waals surface area contributed by atoms with E-state index in [4.69, 9.17) is 0 Å². The lowest BCUT2D eigenvalue weighted by molar-refractivity contribution is -0.388. The summed E-state index contributed by atoms with van der Waals surface area (Å²) in [6, 6.07) is 2.93. The predicted molar refractivity (Wildman–Crippen MR) is 69.2 cm³/mol. The summed E-state index contributed by atoms with van der Waals surface area (Å²) in [6.45, 7) is 1.93. The number of nitrogens with zero attached hydrogens (tertiary/aromatic N) is 3. The Morgan fingerprint density at radius 1 is 1.38 bits per heavy atom. The molecule has 0 saturated heterocycles. The van der Waals surface area contributed by atoms with Crippen LogP contribution in [-0.2, 0) is 12.6 Å². The summed E-state index contributed by atoms with van der Waals surface area (Å²) in [5.74, 6) is 0.611. The number of rotatable bonds is 4. The molecule has 0 aliphatic rings. The molecule has 0 aliphatic heterocycles. The van der Waals surface area contributed by atoms with Gasteiger partial charge in [0.05, 0.1) is 4.92 Å². The van der Waals surface area contributed by atoms with Crippen LogP contribution in [0.2, 0.25) is 0 Å². The third kappa shape index (κ3) is 3.04. The lowest BCUT2D eigenvalue weighted by Gasteiger charge is -2.11. The molecule has 2 aromatic rings. The van der Waals surface area contributed by atoms with Crippen LogP contribution in [-0.4, -0.2) is 14.5 Å². The van der Waals surface area contributed by atoms with E-state index in [0.29, 0.717) is 12.2 Å². The molecule has 0 radical (unpaired) electrons. The first-order valence-electron chi connectivity index (χ1n) is 6.22. The predicted octanol–water partition coefficient (Wildman–Crippen LogP) is 3.75. The van der Waals surface area contributed by atoms with Crippen molar-refractivity contribution in [2.24, 2.45) is 0 Å². The van der Waals surface area contributed by atoms with Crippen LogP contribution in [0, 0.1) is 10.1 Å². The average Bonchev–Trinajstić information content (AvgIpc) is 2.85. The van der Waals surface area contributed by atoms with Crippen molar-refractivity contribution in [2.75, 3.05) is 0 Å². The Morgan fingerprint density at radius 2 is 2.10 bits per heavy atom. The summed E-state index contributed by atoms with van der Waals surface area (Å²) in [7, 11) is 0. The van der Waals surface area contributed by atoms with Crippen molar-refractivity contribution in [1.82, 2.24) is 9.55 Å². The third-order valence-electron chi connectivity index (χ3n) is 2.95. The summed E-state index contributed by atoms with van der Waals surface area (Å²) in [5.41, 5.74) is -2.02. The van der Waals surface area contributed by atoms with Crippen LogP contribution in [0.3, 0.4) is 0 Å². The van der Waals surface area contributed by atoms with Crippen LogP contribution in [0.15, 0.2) is 30.6 Å². The first-order valence-corrected chi connectivity index (χ1v) is 6.22. The van der Waals surface area contributed by atoms with Gasteiger partial charge in [0.25, 0.3) is 5.69 Å². The van der Waals surface area contributed by atoms with Gasteiger partial charge in [0.1, 0.15) is 11.4 Å². The Labute approximate surface area is 118 Å². The molecule has 0 unspecified atom stereocenters. The molecule has 0 N–H and O–H groups in total. The minimum atomic E-state index is -4.79. The molecule has 1 aromatic heterocycles. The maximum atomic E-state index is 12.9. The minimum absolute atomic E-state index is 0.203. The molecule has 1 aromatic carbocycles. The van der Waals surface area contributed by atoms with Crippen LogP contribution in [0.1, 0.15) is 24.7 Å². The van der Waals surface area contributed by atoms with Crippen LogP contribution >= 0.6 is 0 Å². The number of benzene rings is 1. The molecule has 112 valence electrons. The van der Waals surface area contributed by atoms with Gasteiger partial charge in [-0.25, -0.2) is 4.98 Å². The van der Waals surface area contributed by atoms with Crippen molar-refractivity contribution < 1.29 is 18.1 Å². The van der Waals surface area contributed by atoms with Gasteiger partial charge in [-0.05, 0) is 18.6 Å². The van der Waals surface area contributed by atoms with Crippen LogP contribution in [0.5, 0.6) is 0 Å². The smallest absolute Gasteiger partial charge is 0.304 e. The van der Waals surface area contributed by atoms with E-state index in [2.05, 4.69) is 4.98 Å². The van der Waals surface area contributed by atoms with E-state index >= 15 is 0 Å². The Hall–Kier alpha value is -2.38. The fourth-order valence-electron chi connectivity index (χ4n) is 2.04. The van der Waals surface area contributed by atoms with Crippen LogP contribution in [0.25, 0.3) is 5.69 Å². The first kappa shape index (κ1) is 15.0. The molecule has 8 heteroatoms. The molecule has 0 fully saturated rings. The number of hydrogen-bond donors (Lipinski definition) is 0. The molecule has 5 nitrogen and oxygen atoms in total. The number of alkyl halides is 3. The van der Waals surface area contributed by atoms with E-state index in [-0.39, 0.29) is 5.69 Å². The van der Waals surface area contributed by atoms with Crippen molar-refractivity contribution in [3.63, 3.8) is 0 Å². The number of aromatic nitrogens is 2. The molecule has 0 atom stereocenters. The minimum Gasteiger partial charge on any atom is -0.304 e. The molecule has 1 heterocycles. The van der Waals surface area contributed by atoms with E-state index < -0.39 is 22.4 Å². The number of nitro benzene ring substituents is 1. The SMILES string of the molecule is CCCc1nccn1-c1ccc([N+](=O)[O-])c(C(F)(F)F)c1. The lowest BCUT2D eigenvalue weighted by atomic mass is 10.1. The van der Waals surface area contributed by atoms with Crippen LogP contribution in [0.4, 0.5) is 18.9 Å². The number of halogens is 3. The first-order chi connectivity index (χ1) is 9.84. The molecule has 0 bridgehead atoms. The molecular weight excluding hydrogens is 287 g/mol. The normalized spacial score (nSPS) is 11.6. The van der Waals surface area contributed by atoms with Crippen molar-refractivity contribution in [1.29, 1.82) is 0 Å². The van der Waals surface area contributed by atoms with Gasteiger partial charge >= 0.3 is 6.18 Å². The Morgan fingerprint density at radius 3 is 2.67 bits per heavy atom. The number of hydrogen-bond acceptors (Lipinski definition) is 3. The van der Waals surface area contributed by atoms with E-state index in [1.807, 2.05) is 6.92 Å². The number of aryl methyl sites for hydroxylation is 1. The number of imidazole rings is 1. The highest BCUT2D eigenvalue weighted by atomic mass is 19.4. The zero-order valence-corrected chi connectivity index (χ0v) is 11.1. The number of nitro groups is 1. The van der Waals surface area contributed by atoms with E-state index in [1.165, 1.54) is 23.0 Å². The van der Waals surface area contributed by atoms with Gasteiger partial charge in [0, 0.05) is 30.6 Å². The Bertz CT molecular complexity index is 665. The monoisotopic (exact) mass is 299 g/mol. The van der Waals surface area contributed by atoms with Crippen molar-refractivity contribution in [3.8, 4) is 5.69 Å². The topological polar surface area (TPSA) is 61.0 Å². The molecule has 21 heavy (non-hydrogen) atoms. The zero-order chi connectivity index (χ0) is 15.6. The second kappa shape index (κ2) is 5.55. The van der Waals surface area contributed by atoms with E-state index in [1.54, 1.807) is 0 Å².